The van der Waals surface area contributed by atoms with E-state index in [0.29, 0.717) is 25.6 Å². The van der Waals surface area contributed by atoms with Crippen LogP contribution in [0.3, 0.4) is 0 Å². The first-order chi connectivity index (χ1) is 13.2. The molecule has 0 aliphatic carbocycles. The van der Waals surface area contributed by atoms with Gasteiger partial charge in [-0.3, -0.25) is 0 Å². The van der Waals surface area contributed by atoms with Crippen LogP contribution in [0.25, 0.3) is 22.0 Å². The second-order valence-electron chi connectivity index (χ2n) is 6.60. The molecule has 2 aromatic carbocycles. The normalized spacial score (nSPS) is 14.9. The summed E-state index contributed by atoms with van der Waals surface area (Å²) >= 11 is 0. The zero-order valence-electron chi connectivity index (χ0n) is 15.3. The molecule has 138 valence electrons. The Morgan fingerprint density at radius 3 is 2.70 bits per heavy atom. The number of amides is 1. The van der Waals surface area contributed by atoms with Crippen molar-refractivity contribution >= 4 is 22.8 Å². The van der Waals surface area contributed by atoms with Crippen LogP contribution in [0.1, 0.15) is 6.42 Å². The molecule has 2 heterocycles. The second kappa shape index (κ2) is 7.61. The van der Waals surface area contributed by atoms with E-state index in [2.05, 4.69) is 40.2 Å². The van der Waals surface area contributed by atoms with Gasteiger partial charge in [0.1, 0.15) is 0 Å². The van der Waals surface area contributed by atoms with Crippen molar-refractivity contribution in [1.82, 2.24) is 14.9 Å². The lowest BCUT2D eigenvalue weighted by Crippen LogP contribution is -2.35. The van der Waals surface area contributed by atoms with Gasteiger partial charge in [0.2, 0.25) is 5.95 Å². The van der Waals surface area contributed by atoms with Gasteiger partial charge in [0.25, 0.3) is 0 Å². The summed E-state index contributed by atoms with van der Waals surface area (Å²) in [5.41, 5.74) is 1.98. The summed E-state index contributed by atoms with van der Waals surface area (Å²) in [5, 5.41) is 2.41. The van der Waals surface area contributed by atoms with Gasteiger partial charge in [-0.2, -0.15) is 0 Å². The van der Waals surface area contributed by atoms with E-state index in [4.69, 9.17) is 9.72 Å². The number of benzene rings is 2. The van der Waals surface area contributed by atoms with Gasteiger partial charge in [0, 0.05) is 37.9 Å². The van der Waals surface area contributed by atoms with Crippen molar-refractivity contribution in [3.8, 4) is 11.3 Å². The van der Waals surface area contributed by atoms with Crippen molar-refractivity contribution in [3.63, 3.8) is 0 Å². The van der Waals surface area contributed by atoms with Crippen molar-refractivity contribution in [2.75, 3.05) is 38.2 Å². The van der Waals surface area contributed by atoms with E-state index in [1.807, 2.05) is 18.2 Å². The highest BCUT2D eigenvalue weighted by atomic mass is 16.5. The first-order valence-corrected chi connectivity index (χ1v) is 9.15. The summed E-state index contributed by atoms with van der Waals surface area (Å²) in [6.07, 6.45) is 2.39. The quantitative estimate of drug-likeness (QED) is 0.697. The monoisotopic (exact) mass is 362 g/mol. The summed E-state index contributed by atoms with van der Waals surface area (Å²) < 4.78 is 4.84. The predicted octanol–water partition coefficient (Wildman–Crippen LogP) is 3.58. The molecule has 27 heavy (non-hydrogen) atoms. The number of rotatable bonds is 2. The van der Waals surface area contributed by atoms with Crippen LogP contribution in [0.4, 0.5) is 10.7 Å². The van der Waals surface area contributed by atoms with Crippen molar-refractivity contribution in [1.29, 1.82) is 0 Å². The smallest absolute Gasteiger partial charge is 0.409 e. The van der Waals surface area contributed by atoms with Crippen LogP contribution in [0.5, 0.6) is 0 Å². The summed E-state index contributed by atoms with van der Waals surface area (Å²) in [5.74, 6) is 0.701. The minimum atomic E-state index is -0.275. The molecular formula is C21H22N4O2. The Morgan fingerprint density at radius 2 is 1.85 bits per heavy atom. The van der Waals surface area contributed by atoms with E-state index in [1.165, 1.54) is 17.9 Å². The van der Waals surface area contributed by atoms with Crippen molar-refractivity contribution < 1.29 is 9.53 Å². The molecule has 0 N–H and O–H groups in total. The van der Waals surface area contributed by atoms with Crippen LogP contribution in [0, 0.1) is 0 Å². The molecule has 0 radical (unpaired) electrons. The van der Waals surface area contributed by atoms with Crippen molar-refractivity contribution in [3.05, 3.63) is 54.7 Å². The van der Waals surface area contributed by atoms with Gasteiger partial charge in [0.15, 0.2) is 0 Å². The van der Waals surface area contributed by atoms with E-state index in [9.17, 15) is 4.79 Å². The van der Waals surface area contributed by atoms with E-state index < -0.39 is 0 Å². The maximum absolute atomic E-state index is 11.8. The highest BCUT2D eigenvalue weighted by Crippen LogP contribution is 2.24. The Balaban J connectivity index is 1.57. The first-order valence-electron chi connectivity index (χ1n) is 9.15. The van der Waals surface area contributed by atoms with Crippen molar-refractivity contribution in [2.45, 2.75) is 6.42 Å². The molecule has 4 rings (SSSR count). The number of anilines is 1. The van der Waals surface area contributed by atoms with Gasteiger partial charge in [-0.05, 0) is 29.3 Å². The molecule has 0 unspecified atom stereocenters. The van der Waals surface area contributed by atoms with Gasteiger partial charge < -0.3 is 14.5 Å². The molecule has 6 heteroatoms. The molecular weight excluding hydrogens is 340 g/mol. The zero-order chi connectivity index (χ0) is 18.6. The Hall–Kier alpha value is -3.15. The number of methoxy groups -OCH3 is 1. The standard InChI is InChI=1S/C21H22N4O2/c1-27-21(26)25-12-4-11-24(13-14-25)20-22-10-9-19(23-20)18-8-7-16-5-2-3-6-17(16)15-18/h2-3,5-10,15H,4,11-14H2,1H3. The van der Waals surface area contributed by atoms with E-state index in [0.717, 1.165) is 24.2 Å². The molecule has 0 atom stereocenters. The highest BCUT2D eigenvalue weighted by Gasteiger charge is 2.21. The molecule has 0 bridgehead atoms. The number of carbonyl (C=O) groups is 1. The van der Waals surface area contributed by atoms with Gasteiger partial charge in [-0.15, -0.1) is 0 Å². The fourth-order valence-electron chi connectivity index (χ4n) is 3.44. The summed E-state index contributed by atoms with van der Waals surface area (Å²) in [6, 6.07) is 16.6. The molecule has 1 fully saturated rings. The number of aromatic nitrogens is 2. The molecule has 1 amide bonds. The molecule has 1 aliphatic heterocycles. The minimum absolute atomic E-state index is 0.275. The van der Waals surface area contributed by atoms with Crippen LogP contribution >= 0.6 is 0 Å². The highest BCUT2D eigenvalue weighted by molar-refractivity contribution is 5.86. The number of ether oxygens (including phenoxy) is 1. The van der Waals surface area contributed by atoms with Gasteiger partial charge in [-0.25, -0.2) is 14.8 Å². The molecule has 1 saturated heterocycles. The van der Waals surface area contributed by atoms with Gasteiger partial charge in [-0.1, -0.05) is 36.4 Å². The SMILES string of the molecule is COC(=O)N1CCCN(c2nccc(-c3ccc4ccccc4c3)n2)CC1. The van der Waals surface area contributed by atoms with Crippen LogP contribution < -0.4 is 4.90 Å². The number of hydrogen-bond donors (Lipinski definition) is 0. The van der Waals surface area contributed by atoms with Crippen LogP contribution in [-0.4, -0.2) is 54.2 Å². The van der Waals surface area contributed by atoms with Crippen molar-refractivity contribution in [2.24, 2.45) is 0 Å². The van der Waals surface area contributed by atoms with Crippen LogP contribution in [-0.2, 0) is 4.74 Å². The molecule has 1 aliphatic rings. The molecule has 0 saturated carbocycles. The largest absolute Gasteiger partial charge is 0.453 e. The Kier molecular flexibility index (Phi) is 4.87. The maximum Gasteiger partial charge on any atom is 0.409 e. The van der Waals surface area contributed by atoms with Gasteiger partial charge >= 0.3 is 6.09 Å². The number of carbonyl (C=O) groups excluding carboxylic acids is 1. The first kappa shape index (κ1) is 17.3. The number of fused-ring (bicyclic) bond motifs is 1. The third kappa shape index (κ3) is 3.69. The molecule has 0 spiro atoms. The lowest BCUT2D eigenvalue weighted by molar-refractivity contribution is 0.126. The predicted molar refractivity (Wildman–Crippen MR) is 106 cm³/mol. The molecule has 1 aromatic heterocycles. The van der Waals surface area contributed by atoms with Crippen LogP contribution in [0.2, 0.25) is 0 Å². The summed E-state index contributed by atoms with van der Waals surface area (Å²) in [7, 11) is 1.42. The van der Waals surface area contributed by atoms with E-state index in [-0.39, 0.29) is 6.09 Å². The zero-order valence-corrected chi connectivity index (χ0v) is 15.3. The summed E-state index contributed by atoms with van der Waals surface area (Å²) in [4.78, 5) is 24.9. The average Bonchev–Trinajstić information content (AvgIpc) is 2.99. The Labute approximate surface area is 158 Å². The lowest BCUT2D eigenvalue weighted by atomic mass is 10.1. The molecule has 3 aromatic rings. The Morgan fingerprint density at radius 1 is 1.00 bits per heavy atom. The minimum Gasteiger partial charge on any atom is -0.453 e. The third-order valence-corrected chi connectivity index (χ3v) is 4.90. The maximum atomic E-state index is 11.8. The number of nitrogens with zero attached hydrogens (tertiary/aromatic N) is 4. The second-order valence-corrected chi connectivity index (χ2v) is 6.60. The van der Waals surface area contributed by atoms with E-state index in [1.54, 1.807) is 11.1 Å². The Bertz CT molecular complexity index is 960. The summed E-state index contributed by atoms with van der Waals surface area (Å²) in [6.45, 7) is 2.80. The fourth-order valence-corrected chi connectivity index (χ4v) is 3.44. The number of hydrogen-bond acceptors (Lipinski definition) is 5. The van der Waals surface area contributed by atoms with E-state index >= 15 is 0 Å². The topological polar surface area (TPSA) is 58.6 Å². The van der Waals surface area contributed by atoms with Crippen LogP contribution in [0.15, 0.2) is 54.7 Å². The van der Waals surface area contributed by atoms with Gasteiger partial charge in [0.05, 0.1) is 12.8 Å². The lowest BCUT2D eigenvalue weighted by Gasteiger charge is -2.21. The average molecular weight is 362 g/mol. The fraction of sp³-hybridized carbons (Fsp3) is 0.286. The third-order valence-electron chi connectivity index (χ3n) is 4.90. The molecule has 6 nitrogen and oxygen atoms in total.